The van der Waals surface area contributed by atoms with Crippen molar-refractivity contribution in [3.63, 3.8) is 0 Å². The van der Waals surface area contributed by atoms with E-state index in [2.05, 4.69) is 76.4 Å². The van der Waals surface area contributed by atoms with Gasteiger partial charge in [-0.2, -0.15) is 0 Å². The topological polar surface area (TPSA) is 18.5 Å². The quantitative estimate of drug-likeness (QED) is 0.291. The summed E-state index contributed by atoms with van der Waals surface area (Å²) in [6, 6.07) is 4.80. The maximum atomic E-state index is 7.08. The molecule has 2 aliphatic heterocycles. The standard InChI is InChI=1S/C27H44O2S2Si/c1-7-8-9-13-20-18-23-25(24(19-20)29-32(5,6)26(2,3)4)21-14-10-11-15-22(21)27(28-23)30-16-12-17-31-27/h18-19,21-22H,7-17H2,1-6H3/t21?,22-/m1/s1. The summed E-state index contributed by atoms with van der Waals surface area (Å²) in [6.07, 6.45) is 11.5. The molecule has 2 nitrogen and oxygen atoms in total. The fourth-order valence-electron chi connectivity index (χ4n) is 5.27. The number of aryl methyl sites for hydroxylation is 1. The molecule has 2 heterocycles. The lowest BCUT2D eigenvalue weighted by atomic mass is 9.73. The van der Waals surface area contributed by atoms with Gasteiger partial charge in [0.25, 0.3) is 0 Å². The van der Waals surface area contributed by atoms with Crippen molar-refractivity contribution < 1.29 is 9.16 Å². The Hall–Kier alpha value is -0.263. The molecule has 0 aromatic heterocycles. The van der Waals surface area contributed by atoms with E-state index in [9.17, 15) is 0 Å². The Morgan fingerprint density at radius 1 is 1.06 bits per heavy atom. The van der Waals surface area contributed by atoms with Gasteiger partial charge < -0.3 is 9.16 Å². The fourth-order valence-corrected chi connectivity index (χ4v) is 9.75. The molecule has 2 fully saturated rings. The number of ether oxygens (including phenoxy) is 1. The molecule has 2 atom stereocenters. The summed E-state index contributed by atoms with van der Waals surface area (Å²) in [5, 5.41) is 0.190. The van der Waals surface area contributed by atoms with Crippen LogP contribution in [0.3, 0.4) is 0 Å². The zero-order chi connectivity index (χ0) is 23.0. The van der Waals surface area contributed by atoms with Crippen LogP contribution in [0.2, 0.25) is 18.1 Å². The molecule has 1 aliphatic carbocycles. The Bertz CT molecular complexity index is 796. The predicted octanol–water partition coefficient (Wildman–Crippen LogP) is 8.99. The van der Waals surface area contributed by atoms with Crippen LogP contribution in [0.4, 0.5) is 0 Å². The Morgan fingerprint density at radius 3 is 2.47 bits per heavy atom. The number of benzene rings is 1. The van der Waals surface area contributed by atoms with E-state index < -0.39 is 8.32 Å². The van der Waals surface area contributed by atoms with Crippen LogP contribution in [0.5, 0.6) is 11.5 Å². The van der Waals surface area contributed by atoms with E-state index in [1.165, 1.54) is 74.0 Å². The second kappa shape index (κ2) is 9.77. The Kier molecular flexibility index (Phi) is 7.59. The van der Waals surface area contributed by atoms with Crippen molar-refractivity contribution in [3.05, 3.63) is 23.3 Å². The van der Waals surface area contributed by atoms with Gasteiger partial charge in [-0.25, -0.2) is 0 Å². The molecule has 4 rings (SSSR count). The minimum absolute atomic E-state index is 0.0768. The molecule has 0 amide bonds. The molecule has 1 spiro atoms. The van der Waals surface area contributed by atoms with E-state index in [-0.39, 0.29) is 9.30 Å². The van der Waals surface area contributed by atoms with Crippen LogP contribution < -0.4 is 9.16 Å². The van der Waals surface area contributed by atoms with Crippen molar-refractivity contribution in [2.75, 3.05) is 11.5 Å². The Morgan fingerprint density at radius 2 is 1.78 bits per heavy atom. The molecule has 32 heavy (non-hydrogen) atoms. The molecule has 0 radical (unpaired) electrons. The number of hydrogen-bond acceptors (Lipinski definition) is 4. The zero-order valence-electron chi connectivity index (χ0n) is 21.2. The average molecular weight is 493 g/mol. The third-order valence-electron chi connectivity index (χ3n) is 8.14. The molecule has 5 heteroatoms. The van der Waals surface area contributed by atoms with E-state index in [4.69, 9.17) is 9.16 Å². The average Bonchev–Trinajstić information content (AvgIpc) is 2.73. The van der Waals surface area contributed by atoms with E-state index in [1.807, 2.05) is 0 Å². The summed E-state index contributed by atoms with van der Waals surface area (Å²) in [4.78, 5) is 0. The van der Waals surface area contributed by atoms with Crippen molar-refractivity contribution in [2.45, 2.75) is 114 Å². The summed E-state index contributed by atoms with van der Waals surface area (Å²) in [6.45, 7) is 14.1. The SMILES string of the molecule is CCCCCc1cc2c(c(O[Si](C)(C)C(C)(C)C)c1)C1CCCC[C@H]1C1(O2)SCCCS1. The lowest BCUT2D eigenvalue weighted by molar-refractivity contribution is 0.105. The van der Waals surface area contributed by atoms with Gasteiger partial charge >= 0.3 is 0 Å². The van der Waals surface area contributed by atoms with E-state index in [0.29, 0.717) is 11.8 Å². The van der Waals surface area contributed by atoms with Crippen LogP contribution in [0.25, 0.3) is 0 Å². The summed E-state index contributed by atoms with van der Waals surface area (Å²) in [5.41, 5.74) is 2.82. The molecular weight excluding hydrogens is 449 g/mol. The Labute approximate surface area is 206 Å². The maximum Gasteiger partial charge on any atom is 0.250 e. The van der Waals surface area contributed by atoms with Crippen molar-refractivity contribution in [1.29, 1.82) is 0 Å². The second-order valence-electron chi connectivity index (χ2n) is 11.6. The minimum Gasteiger partial charge on any atom is -0.543 e. The smallest absolute Gasteiger partial charge is 0.250 e. The van der Waals surface area contributed by atoms with Crippen molar-refractivity contribution in [3.8, 4) is 11.5 Å². The van der Waals surface area contributed by atoms with Gasteiger partial charge in [-0.3, -0.25) is 0 Å². The first-order valence-corrected chi connectivity index (χ1v) is 17.9. The van der Waals surface area contributed by atoms with Crippen molar-refractivity contribution in [1.82, 2.24) is 0 Å². The Balaban J connectivity index is 1.78. The molecule has 1 saturated heterocycles. The molecule has 1 saturated carbocycles. The summed E-state index contributed by atoms with van der Waals surface area (Å²) in [7, 11) is -1.94. The van der Waals surface area contributed by atoms with Gasteiger partial charge in [0.05, 0.1) is 0 Å². The largest absolute Gasteiger partial charge is 0.543 e. The van der Waals surface area contributed by atoms with Crippen LogP contribution in [-0.2, 0) is 6.42 Å². The third-order valence-corrected chi connectivity index (χ3v) is 15.8. The molecule has 180 valence electrons. The number of hydrogen-bond donors (Lipinski definition) is 0. The van der Waals surface area contributed by atoms with E-state index in [0.717, 1.165) is 17.9 Å². The highest BCUT2D eigenvalue weighted by Crippen LogP contribution is 2.62. The molecule has 1 unspecified atom stereocenters. The van der Waals surface area contributed by atoms with Crippen LogP contribution in [-0.4, -0.2) is 24.1 Å². The highest BCUT2D eigenvalue weighted by Gasteiger charge is 2.53. The molecule has 1 aromatic rings. The highest BCUT2D eigenvalue weighted by molar-refractivity contribution is 8.18. The zero-order valence-corrected chi connectivity index (χ0v) is 23.9. The molecule has 1 aromatic carbocycles. The first-order valence-electron chi connectivity index (χ1n) is 13.0. The molecular formula is C27H44O2S2Si. The fraction of sp³-hybridized carbons (Fsp3) is 0.778. The first-order chi connectivity index (χ1) is 15.2. The van der Waals surface area contributed by atoms with E-state index >= 15 is 0 Å². The van der Waals surface area contributed by atoms with Gasteiger partial charge in [-0.1, -0.05) is 53.4 Å². The van der Waals surface area contributed by atoms with Gasteiger partial charge in [0, 0.05) is 11.5 Å². The van der Waals surface area contributed by atoms with Crippen LogP contribution >= 0.6 is 23.5 Å². The van der Waals surface area contributed by atoms with Crippen molar-refractivity contribution in [2.24, 2.45) is 5.92 Å². The second-order valence-corrected chi connectivity index (χ2v) is 19.2. The summed E-state index contributed by atoms with van der Waals surface area (Å²) >= 11 is 4.19. The first kappa shape index (κ1) is 24.8. The molecule has 0 bridgehead atoms. The number of fused-ring (bicyclic) bond motifs is 4. The maximum absolute atomic E-state index is 7.08. The highest BCUT2D eigenvalue weighted by atomic mass is 32.2. The lowest BCUT2D eigenvalue weighted by Crippen LogP contribution is -2.48. The molecule has 3 aliphatic rings. The van der Waals surface area contributed by atoms with Gasteiger partial charge in [0.15, 0.2) is 0 Å². The van der Waals surface area contributed by atoms with Crippen molar-refractivity contribution >= 4 is 31.8 Å². The predicted molar refractivity (Wildman–Crippen MR) is 145 cm³/mol. The summed E-state index contributed by atoms with van der Waals surface area (Å²) in [5.74, 6) is 5.96. The third kappa shape index (κ3) is 4.91. The van der Waals surface area contributed by atoms with Crippen LogP contribution in [0.1, 0.15) is 96.1 Å². The summed E-state index contributed by atoms with van der Waals surface area (Å²) < 4.78 is 14.1. The normalized spacial score (nSPS) is 25.1. The minimum atomic E-state index is -1.94. The number of unbranched alkanes of at least 4 members (excludes halogenated alkanes) is 2. The molecule has 0 N–H and O–H groups in total. The van der Waals surface area contributed by atoms with Crippen LogP contribution in [0.15, 0.2) is 12.1 Å². The van der Waals surface area contributed by atoms with Gasteiger partial charge in [0.1, 0.15) is 11.5 Å². The van der Waals surface area contributed by atoms with Gasteiger partial charge in [0.2, 0.25) is 12.6 Å². The van der Waals surface area contributed by atoms with Crippen LogP contribution in [0, 0.1) is 5.92 Å². The van der Waals surface area contributed by atoms with Gasteiger partial charge in [-0.05, 0) is 85.4 Å². The van der Waals surface area contributed by atoms with E-state index in [1.54, 1.807) is 0 Å². The number of thioether (sulfide) groups is 2. The lowest BCUT2D eigenvalue weighted by Gasteiger charge is -2.51. The number of rotatable bonds is 6. The van der Waals surface area contributed by atoms with Gasteiger partial charge in [-0.15, -0.1) is 23.5 Å². The monoisotopic (exact) mass is 492 g/mol.